The number of carbonyl (C=O) groups excluding carboxylic acids is 1. The molecule has 0 saturated heterocycles. The summed E-state index contributed by atoms with van der Waals surface area (Å²) in [7, 11) is 0. The minimum Gasteiger partial charge on any atom is -0.321 e. The summed E-state index contributed by atoms with van der Waals surface area (Å²) in [5.41, 5.74) is 3.07. The molecule has 78 valence electrons. The lowest BCUT2D eigenvalue weighted by Gasteiger charge is -2.04. The van der Waals surface area contributed by atoms with E-state index in [1.807, 2.05) is 0 Å². The summed E-state index contributed by atoms with van der Waals surface area (Å²) in [6.07, 6.45) is 1.17. The average molecular weight is 227 g/mol. The summed E-state index contributed by atoms with van der Waals surface area (Å²) in [5.74, 6) is -0.366. The lowest BCUT2D eigenvalue weighted by Crippen LogP contribution is -2.21. The van der Waals surface area contributed by atoms with Gasteiger partial charge in [-0.05, 0) is 18.2 Å². The zero-order valence-corrected chi connectivity index (χ0v) is 8.25. The van der Waals surface area contributed by atoms with Gasteiger partial charge in [0.05, 0.1) is 0 Å². The Kier molecular flexibility index (Phi) is 2.75. The van der Waals surface area contributed by atoms with Gasteiger partial charge in [-0.15, -0.1) is 0 Å². The second-order valence-electron chi connectivity index (χ2n) is 2.78. The van der Waals surface area contributed by atoms with Crippen LogP contribution in [0.15, 0.2) is 36.2 Å². The predicted molar refractivity (Wildman–Crippen MR) is 53.5 cm³/mol. The van der Waals surface area contributed by atoms with E-state index >= 15 is 0 Å². The third-order valence-electron chi connectivity index (χ3n) is 1.69. The molecule has 0 fully saturated rings. The van der Waals surface area contributed by atoms with Crippen LogP contribution < -0.4 is 10.8 Å². The molecular weight excluding hydrogens is 220 g/mol. The molecule has 5 nitrogen and oxygen atoms in total. The average Bonchev–Trinajstić information content (AvgIpc) is 2.70. The van der Waals surface area contributed by atoms with Gasteiger partial charge in [0, 0.05) is 10.7 Å². The monoisotopic (exact) mass is 226 g/mol. The molecule has 1 amide bonds. The largest absolute Gasteiger partial charge is 0.321 e. The molecule has 0 unspecified atom stereocenters. The highest BCUT2D eigenvalue weighted by molar-refractivity contribution is 6.30. The quantitative estimate of drug-likeness (QED) is 0.752. The Morgan fingerprint density at radius 3 is 3.00 bits per heavy atom. The fraction of sp³-hybridized carbons (Fsp3) is 0. The highest BCUT2D eigenvalue weighted by Crippen LogP contribution is 2.15. The maximum Gasteiger partial charge on any atom is 0.277 e. The summed E-state index contributed by atoms with van der Waals surface area (Å²) >= 11 is 5.76. The zero-order chi connectivity index (χ0) is 10.7. The van der Waals surface area contributed by atoms with E-state index in [1.54, 1.807) is 24.3 Å². The summed E-state index contributed by atoms with van der Waals surface area (Å²) in [6, 6.07) is 6.82. The van der Waals surface area contributed by atoms with Crippen LogP contribution in [0.2, 0.25) is 5.02 Å². The molecule has 1 heterocycles. The van der Waals surface area contributed by atoms with E-state index < -0.39 is 0 Å². The third-order valence-corrected chi connectivity index (χ3v) is 1.93. The lowest BCUT2D eigenvalue weighted by molar-refractivity contribution is -0.265. The molecule has 6 heteroatoms. The first-order valence-corrected chi connectivity index (χ1v) is 4.49. The Labute approximate surface area is 90.5 Å². The topological polar surface area (TPSA) is 59.6 Å². The normalized spacial score (nSPS) is 13.8. The number of rotatable bonds is 2. The Hall–Kier alpha value is -1.72. The van der Waals surface area contributed by atoms with Crippen LogP contribution in [0.5, 0.6) is 0 Å². The van der Waals surface area contributed by atoms with Crippen molar-refractivity contribution in [3.63, 3.8) is 0 Å². The number of benzene rings is 1. The smallest absolute Gasteiger partial charge is 0.277 e. The highest BCUT2D eigenvalue weighted by atomic mass is 35.5. The molecule has 0 atom stereocenters. The van der Waals surface area contributed by atoms with E-state index in [9.17, 15) is 4.79 Å². The second kappa shape index (κ2) is 4.20. The Morgan fingerprint density at radius 2 is 2.33 bits per heavy atom. The molecule has 2 N–H and O–H groups in total. The molecule has 1 aromatic rings. The third kappa shape index (κ3) is 2.39. The number of hydroxylamine groups is 1. The fourth-order valence-corrected chi connectivity index (χ4v) is 1.22. The van der Waals surface area contributed by atoms with Gasteiger partial charge in [-0.2, -0.15) is 0 Å². The van der Waals surface area contributed by atoms with Gasteiger partial charge in [0.2, 0.25) is 0 Å². The second-order valence-corrected chi connectivity index (χ2v) is 3.21. The van der Waals surface area contributed by atoms with Crippen molar-refractivity contribution in [2.24, 2.45) is 0 Å². The van der Waals surface area contributed by atoms with Crippen molar-refractivity contribution >= 4 is 23.2 Å². The van der Waals surface area contributed by atoms with Gasteiger partial charge in [-0.1, -0.05) is 22.7 Å². The SMILES string of the molecule is O=C(Nc1cccc(Cl)c1)C1=COON1. The van der Waals surface area contributed by atoms with Crippen molar-refractivity contribution in [1.29, 1.82) is 0 Å². The number of carbonyl (C=O) groups is 1. The van der Waals surface area contributed by atoms with E-state index in [0.717, 1.165) is 0 Å². The number of amides is 1. The Morgan fingerprint density at radius 1 is 1.47 bits per heavy atom. The number of hydrogen-bond acceptors (Lipinski definition) is 4. The van der Waals surface area contributed by atoms with Gasteiger partial charge in [0.15, 0.2) is 12.0 Å². The van der Waals surface area contributed by atoms with Crippen molar-refractivity contribution in [3.05, 3.63) is 41.2 Å². The van der Waals surface area contributed by atoms with Crippen molar-refractivity contribution < 1.29 is 14.7 Å². The van der Waals surface area contributed by atoms with Crippen LogP contribution in [-0.4, -0.2) is 5.91 Å². The van der Waals surface area contributed by atoms with Gasteiger partial charge in [0.1, 0.15) is 0 Å². The number of nitrogens with one attached hydrogen (secondary N) is 2. The number of anilines is 1. The van der Waals surface area contributed by atoms with Crippen molar-refractivity contribution in [1.82, 2.24) is 5.48 Å². The molecule has 0 radical (unpaired) electrons. The maximum absolute atomic E-state index is 11.5. The molecule has 0 saturated carbocycles. The van der Waals surface area contributed by atoms with Crippen LogP contribution in [0.3, 0.4) is 0 Å². The van der Waals surface area contributed by atoms with Crippen molar-refractivity contribution in [3.8, 4) is 0 Å². The molecule has 1 aromatic carbocycles. The van der Waals surface area contributed by atoms with E-state index in [0.29, 0.717) is 10.7 Å². The number of halogens is 1. The fourth-order valence-electron chi connectivity index (χ4n) is 1.03. The molecule has 15 heavy (non-hydrogen) atoms. The van der Waals surface area contributed by atoms with Crippen LogP contribution in [-0.2, 0) is 14.7 Å². The lowest BCUT2D eigenvalue weighted by atomic mass is 10.3. The summed E-state index contributed by atoms with van der Waals surface area (Å²) < 4.78 is 0. The van der Waals surface area contributed by atoms with E-state index in [1.165, 1.54) is 6.26 Å². The number of hydrogen-bond donors (Lipinski definition) is 2. The summed E-state index contributed by atoms with van der Waals surface area (Å²) in [6.45, 7) is 0. The Balaban J connectivity index is 2.05. The molecule has 1 aliphatic rings. The maximum atomic E-state index is 11.5. The van der Waals surface area contributed by atoms with E-state index in [2.05, 4.69) is 20.7 Å². The first-order valence-electron chi connectivity index (χ1n) is 4.11. The Bertz CT molecular complexity index is 420. The molecule has 0 bridgehead atoms. The van der Waals surface area contributed by atoms with Gasteiger partial charge >= 0.3 is 0 Å². The van der Waals surface area contributed by atoms with Crippen LogP contribution in [0.1, 0.15) is 0 Å². The first-order chi connectivity index (χ1) is 7.25. The molecule has 2 rings (SSSR count). The van der Waals surface area contributed by atoms with E-state index in [4.69, 9.17) is 11.6 Å². The highest BCUT2D eigenvalue weighted by Gasteiger charge is 2.15. The molecular formula is C9H7ClN2O3. The summed E-state index contributed by atoms with van der Waals surface area (Å²) in [5, 5.41) is 3.16. The van der Waals surface area contributed by atoms with Gasteiger partial charge in [-0.3, -0.25) is 4.79 Å². The molecule has 0 aromatic heterocycles. The first kappa shape index (κ1) is 9.82. The van der Waals surface area contributed by atoms with E-state index in [-0.39, 0.29) is 11.6 Å². The standard InChI is InChI=1S/C9H7ClN2O3/c10-6-2-1-3-7(4-6)11-9(13)8-5-14-15-12-8/h1-5,12H,(H,11,13). The molecule has 0 spiro atoms. The van der Waals surface area contributed by atoms with Gasteiger partial charge in [0.25, 0.3) is 5.91 Å². The zero-order valence-electron chi connectivity index (χ0n) is 7.49. The predicted octanol–water partition coefficient (Wildman–Crippen LogP) is 1.59. The van der Waals surface area contributed by atoms with Crippen LogP contribution >= 0.6 is 11.6 Å². The van der Waals surface area contributed by atoms with Crippen LogP contribution in [0.4, 0.5) is 5.69 Å². The van der Waals surface area contributed by atoms with Gasteiger partial charge < -0.3 is 10.2 Å². The minimum absolute atomic E-state index is 0.190. The molecule has 1 aliphatic heterocycles. The summed E-state index contributed by atoms with van der Waals surface area (Å²) in [4.78, 5) is 20.2. The minimum atomic E-state index is -0.366. The van der Waals surface area contributed by atoms with Gasteiger partial charge in [-0.25, -0.2) is 5.48 Å². The van der Waals surface area contributed by atoms with Crippen molar-refractivity contribution in [2.75, 3.05) is 5.32 Å². The van der Waals surface area contributed by atoms with Crippen LogP contribution in [0.25, 0.3) is 0 Å². The van der Waals surface area contributed by atoms with Crippen molar-refractivity contribution in [2.45, 2.75) is 0 Å². The van der Waals surface area contributed by atoms with Crippen LogP contribution in [0, 0.1) is 0 Å². The molecule has 0 aliphatic carbocycles.